The SMILES string of the molecule is C[C@@H]1C[C@@H](C)CN(C(=O)COC(=O)CN2C(=O)c3ccccc3C2=O)C1. The molecule has 2 aliphatic heterocycles. The number of likely N-dealkylation sites (tertiary alicyclic amines) is 1. The van der Waals surface area contributed by atoms with Gasteiger partial charge in [-0.2, -0.15) is 0 Å². The van der Waals surface area contributed by atoms with Crippen molar-refractivity contribution in [3.63, 3.8) is 0 Å². The number of hydrogen-bond donors (Lipinski definition) is 0. The molecular weight excluding hydrogens is 336 g/mol. The molecule has 0 radical (unpaired) electrons. The van der Waals surface area contributed by atoms with E-state index in [-0.39, 0.29) is 23.6 Å². The van der Waals surface area contributed by atoms with Gasteiger partial charge in [0.1, 0.15) is 6.54 Å². The van der Waals surface area contributed by atoms with Gasteiger partial charge in [0.25, 0.3) is 17.7 Å². The number of piperidine rings is 1. The summed E-state index contributed by atoms with van der Waals surface area (Å²) in [4.78, 5) is 51.3. The molecule has 1 aromatic rings. The van der Waals surface area contributed by atoms with Crippen LogP contribution in [0.5, 0.6) is 0 Å². The van der Waals surface area contributed by atoms with E-state index in [1.54, 1.807) is 29.2 Å². The van der Waals surface area contributed by atoms with Gasteiger partial charge in [-0.25, -0.2) is 0 Å². The maximum absolute atomic E-state index is 12.2. The maximum Gasteiger partial charge on any atom is 0.326 e. The molecule has 0 bridgehead atoms. The summed E-state index contributed by atoms with van der Waals surface area (Å²) >= 11 is 0. The highest BCUT2D eigenvalue weighted by Crippen LogP contribution is 2.22. The molecule has 3 amide bonds. The standard InChI is InChI=1S/C19H22N2O5/c1-12-7-13(2)9-20(8-12)16(22)11-26-17(23)10-21-18(24)14-5-3-4-6-15(14)19(21)25/h3-6,12-13H,7-11H2,1-2H3/t12-,13-/m1/s1. The molecule has 138 valence electrons. The zero-order chi connectivity index (χ0) is 18.8. The van der Waals surface area contributed by atoms with E-state index in [2.05, 4.69) is 13.8 Å². The van der Waals surface area contributed by atoms with E-state index in [0.29, 0.717) is 24.9 Å². The van der Waals surface area contributed by atoms with Gasteiger partial charge in [-0.15, -0.1) is 0 Å². The average molecular weight is 358 g/mol. The highest BCUT2D eigenvalue weighted by Gasteiger charge is 2.36. The molecule has 1 fully saturated rings. The fourth-order valence-corrected chi connectivity index (χ4v) is 3.66. The second-order valence-corrected chi connectivity index (χ2v) is 7.15. The lowest BCUT2D eigenvalue weighted by Gasteiger charge is -2.34. The Bertz CT molecular complexity index is 715. The third-order valence-corrected chi connectivity index (χ3v) is 4.74. The number of rotatable bonds is 4. The molecule has 0 unspecified atom stereocenters. The van der Waals surface area contributed by atoms with Crippen molar-refractivity contribution in [2.24, 2.45) is 11.8 Å². The van der Waals surface area contributed by atoms with Crippen LogP contribution < -0.4 is 0 Å². The molecule has 2 aliphatic rings. The predicted octanol–water partition coefficient (Wildman–Crippen LogP) is 1.33. The largest absolute Gasteiger partial charge is 0.454 e. The first-order valence-corrected chi connectivity index (χ1v) is 8.75. The number of imide groups is 1. The van der Waals surface area contributed by atoms with Gasteiger partial charge >= 0.3 is 5.97 Å². The molecule has 3 rings (SSSR count). The van der Waals surface area contributed by atoms with Gasteiger partial charge in [0.05, 0.1) is 11.1 Å². The number of ether oxygens (including phenoxy) is 1. The first kappa shape index (κ1) is 18.1. The first-order chi connectivity index (χ1) is 12.4. The smallest absolute Gasteiger partial charge is 0.326 e. The van der Waals surface area contributed by atoms with Crippen molar-refractivity contribution >= 4 is 23.7 Å². The summed E-state index contributed by atoms with van der Waals surface area (Å²) in [5.41, 5.74) is 0.551. The van der Waals surface area contributed by atoms with Gasteiger partial charge in [0.15, 0.2) is 6.61 Å². The minimum absolute atomic E-state index is 0.251. The molecule has 2 atom stereocenters. The Morgan fingerprint density at radius 1 is 1.04 bits per heavy atom. The highest BCUT2D eigenvalue weighted by atomic mass is 16.5. The van der Waals surface area contributed by atoms with Crippen molar-refractivity contribution < 1.29 is 23.9 Å². The summed E-state index contributed by atoms with van der Waals surface area (Å²) in [6.45, 7) is 4.61. The number of esters is 1. The van der Waals surface area contributed by atoms with Crippen LogP contribution in [0.1, 0.15) is 41.0 Å². The van der Waals surface area contributed by atoms with Crippen molar-refractivity contribution in [3.8, 4) is 0 Å². The molecule has 26 heavy (non-hydrogen) atoms. The van der Waals surface area contributed by atoms with Gasteiger partial charge in [-0.3, -0.25) is 24.1 Å². The van der Waals surface area contributed by atoms with Crippen LogP contribution in [0.2, 0.25) is 0 Å². The molecule has 0 spiro atoms. The summed E-state index contributed by atoms with van der Waals surface area (Å²) in [5.74, 6) is -1.24. The normalized spacial score (nSPS) is 22.4. The van der Waals surface area contributed by atoms with E-state index in [4.69, 9.17) is 4.74 Å². The summed E-state index contributed by atoms with van der Waals surface area (Å²) in [5, 5.41) is 0. The van der Waals surface area contributed by atoms with Gasteiger partial charge in [0.2, 0.25) is 0 Å². The van der Waals surface area contributed by atoms with E-state index in [9.17, 15) is 19.2 Å². The number of carbonyl (C=O) groups excluding carboxylic acids is 4. The summed E-state index contributed by atoms with van der Waals surface area (Å²) < 4.78 is 5.01. The van der Waals surface area contributed by atoms with Crippen LogP contribution in [0.4, 0.5) is 0 Å². The molecular formula is C19H22N2O5. The second-order valence-electron chi connectivity index (χ2n) is 7.15. The van der Waals surface area contributed by atoms with Crippen LogP contribution >= 0.6 is 0 Å². The molecule has 7 heteroatoms. The Morgan fingerprint density at radius 3 is 2.12 bits per heavy atom. The molecule has 7 nitrogen and oxygen atoms in total. The lowest BCUT2D eigenvalue weighted by atomic mass is 9.92. The first-order valence-electron chi connectivity index (χ1n) is 8.75. The number of fused-ring (bicyclic) bond motifs is 1. The van der Waals surface area contributed by atoms with E-state index in [1.165, 1.54) is 0 Å². The summed E-state index contributed by atoms with van der Waals surface area (Å²) in [7, 11) is 0. The maximum atomic E-state index is 12.2. The zero-order valence-corrected chi connectivity index (χ0v) is 14.9. The van der Waals surface area contributed by atoms with E-state index < -0.39 is 24.3 Å². The lowest BCUT2D eigenvalue weighted by Crippen LogP contribution is -2.45. The third-order valence-electron chi connectivity index (χ3n) is 4.74. The van der Waals surface area contributed by atoms with Crippen molar-refractivity contribution in [3.05, 3.63) is 35.4 Å². The van der Waals surface area contributed by atoms with E-state index >= 15 is 0 Å². The molecule has 1 saturated heterocycles. The fraction of sp³-hybridized carbons (Fsp3) is 0.474. The summed E-state index contributed by atoms with van der Waals surface area (Å²) in [6, 6.07) is 6.41. The Balaban J connectivity index is 1.53. The lowest BCUT2D eigenvalue weighted by molar-refractivity contribution is -0.153. The van der Waals surface area contributed by atoms with Crippen LogP contribution in [0.15, 0.2) is 24.3 Å². The number of hydrogen-bond acceptors (Lipinski definition) is 5. The fourth-order valence-electron chi connectivity index (χ4n) is 3.66. The molecule has 2 heterocycles. The van der Waals surface area contributed by atoms with Gasteiger partial charge < -0.3 is 9.64 Å². The quantitative estimate of drug-likeness (QED) is 0.599. The van der Waals surface area contributed by atoms with Gasteiger partial charge in [-0.1, -0.05) is 26.0 Å². The Hall–Kier alpha value is -2.70. The Labute approximate surface area is 151 Å². The van der Waals surface area contributed by atoms with Crippen LogP contribution in [0.3, 0.4) is 0 Å². The molecule has 1 aromatic carbocycles. The number of amides is 3. The second kappa shape index (κ2) is 7.27. The van der Waals surface area contributed by atoms with Crippen LogP contribution in [-0.4, -0.2) is 59.7 Å². The monoisotopic (exact) mass is 358 g/mol. The molecule has 0 aliphatic carbocycles. The minimum Gasteiger partial charge on any atom is -0.454 e. The predicted molar refractivity (Wildman–Crippen MR) is 92.3 cm³/mol. The minimum atomic E-state index is -0.772. The number of benzene rings is 1. The Morgan fingerprint density at radius 2 is 1.58 bits per heavy atom. The van der Waals surface area contributed by atoms with Crippen LogP contribution in [0, 0.1) is 11.8 Å². The van der Waals surface area contributed by atoms with E-state index in [1.807, 2.05) is 0 Å². The van der Waals surface area contributed by atoms with Crippen molar-refractivity contribution in [1.29, 1.82) is 0 Å². The number of nitrogens with zero attached hydrogens (tertiary/aromatic N) is 2. The zero-order valence-electron chi connectivity index (χ0n) is 14.9. The van der Waals surface area contributed by atoms with Gasteiger partial charge in [0, 0.05) is 13.1 Å². The highest BCUT2D eigenvalue weighted by molar-refractivity contribution is 6.22. The molecule has 0 saturated carbocycles. The van der Waals surface area contributed by atoms with Crippen LogP contribution in [-0.2, 0) is 14.3 Å². The average Bonchev–Trinajstić information content (AvgIpc) is 2.84. The van der Waals surface area contributed by atoms with Crippen molar-refractivity contribution in [2.45, 2.75) is 20.3 Å². The summed E-state index contributed by atoms with van der Waals surface area (Å²) in [6.07, 6.45) is 1.07. The molecule has 0 N–H and O–H groups in total. The van der Waals surface area contributed by atoms with Crippen LogP contribution in [0.25, 0.3) is 0 Å². The Kier molecular flexibility index (Phi) is 5.06. The molecule has 0 aromatic heterocycles. The van der Waals surface area contributed by atoms with Crippen molar-refractivity contribution in [1.82, 2.24) is 9.80 Å². The topological polar surface area (TPSA) is 84.0 Å². The van der Waals surface area contributed by atoms with Crippen molar-refractivity contribution in [2.75, 3.05) is 26.2 Å². The van der Waals surface area contributed by atoms with Gasteiger partial charge in [-0.05, 0) is 30.4 Å². The third kappa shape index (κ3) is 3.61. The number of carbonyl (C=O) groups is 4. The van der Waals surface area contributed by atoms with E-state index in [0.717, 1.165) is 11.3 Å².